The van der Waals surface area contributed by atoms with Crippen molar-refractivity contribution in [1.82, 2.24) is 0 Å². The second-order valence-electron chi connectivity index (χ2n) is 2.51. The number of rotatable bonds is 1. The standard InChI is InChI=1S/C8H12O2.CH4/c1-7(9)10-8-5-3-2-4-6-8;/h3,5,8H,2,4,6H2,1H3;1H4/t8-;/m1./s1. The lowest BCUT2D eigenvalue weighted by Gasteiger charge is -2.15. The predicted molar refractivity (Wildman–Crippen MR) is 45.3 cm³/mol. The first-order valence-corrected chi connectivity index (χ1v) is 3.63. The number of carbonyl (C=O) groups excluding carboxylic acids is 1. The van der Waals surface area contributed by atoms with Crippen LogP contribution in [0.4, 0.5) is 0 Å². The zero-order valence-corrected chi connectivity index (χ0v) is 6.17. The van der Waals surface area contributed by atoms with Gasteiger partial charge in [0, 0.05) is 6.92 Å². The van der Waals surface area contributed by atoms with Gasteiger partial charge in [0.25, 0.3) is 0 Å². The van der Waals surface area contributed by atoms with Crippen LogP contribution in [0.2, 0.25) is 0 Å². The zero-order valence-electron chi connectivity index (χ0n) is 6.17. The monoisotopic (exact) mass is 156 g/mol. The Kier molecular flexibility index (Phi) is 4.59. The quantitative estimate of drug-likeness (QED) is 0.430. The Bertz CT molecular complexity index is 150. The number of allylic oxidation sites excluding steroid dienone is 1. The van der Waals surface area contributed by atoms with E-state index in [1.165, 1.54) is 6.92 Å². The third kappa shape index (κ3) is 3.81. The van der Waals surface area contributed by atoms with Crippen LogP contribution in [0.15, 0.2) is 12.2 Å². The van der Waals surface area contributed by atoms with Crippen LogP contribution in [0.5, 0.6) is 0 Å². The molecular formula is C9H16O2. The fourth-order valence-corrected chi connectivity index (χ4v) is 1.09. The zero-order chi connectivity index (χ0) is 7.40. The van der Waals surface area contributed by atoms with Gasteiger partial charge in [0.05, 0.1) is 0 Å². The second-order valence-corrected chi connectivity index (χ2v) is 2.51. The lowest BCUT2D eigenvalue weighted by Crippen LogP contribution is -2.15. The molecule has 0 fully saturated rings. The maximum absolute atomic E-state index is 10.5. The molecule has 0 radical (unpaired) electrons. The number of ether oxygens (including phenoxy) is 1. The van der Waals surface area contributed by atoms with Gasteiger partial charge in [-0.2, -0.15) is 0 Å². The van der Waals surface area contributed by atoms with E-state index in [0.717, 1.165) is 19.3 Å². The molecule has 0 aromatic heterocycles. The summed E-state index contributed by atoms with van der Waals surface area (Å²) in [5, 5.41) is 0. The van der Waals surface area contributed by atoms with Gasteiger partial charge in [-0.1, -0.05) is 13.5 Å². The highest BCUT2D eigenvalue weighted by Gasteiger charge is 2.09. The molecule has 11 heavy (non-hydrogen) atoms. The van der Waals surface area contributed by atoms with Crippen LogP contribution in [0.1, 0.15) is 33.6 Å². The molecule has 0 heterocycles. The van der Waals surface area contributed by atoms with E-state index in [2.05, 4.69) is 6.08 Å². The van der Waals surface area contributed by atoms with E-state index < -0.39 is 0 Å². The van der Waals surface area contributed by atoms with Gasteiger partial charge in [-0.15, -0.1) is 0 Å². The van der Waals surface area contributed by atoms with E-state index in [4.69, 9.17) is 4.74 Å². The average molecular weight is 156 g/mol. The smallest absolute Gasteiger partial charge is 0.303 e. The molecule has 1 aliphatic carbocycles. The summed E-state index contributed by atoms with van der Waals surface area (Å²) in [4.78, 5) is 10.5. The van der Waals surface area contributed by atoms with E-state index in [-0.39, 0.29) is 19.5 Å². The van der Waals surface area contributed by atoms with E-state index in [1.807, 2.05) is 6.08 Å². The molecule has 0 aromatic rings. The Morgan fingerprint density at radius 1 is 1.64 bits per heavy atom. The number of esters is 1. The summed E-state index contributed by atoms with van der Waals surface area (Å²) in [6.07, 6.45) is 7.32. The first kappa shape index (κ1) is 10.2. The van der Waals surface area contributed by atoms with Gasteiger partial charge in [0.15, 0.2) is 0 Å². The molecule has 0 aliphatic heterocycles. The minimum absolute atomic E-state index is 0. The van der Waals surface area contributed by atoms with Gasteiger partial charge < -0.3 is 4.74 Å². The van der Waals surface area contributed by atoms with Gasteiger partial charge >= 0.3 is 5.97 Å². The van der Waals surface area contributed by atoms with Crippen LogP contribution in [-0.4, -0.2) is 12.1 Å². The molecular weight excluding hydrogens is 140 g/mol. The molecule has 0 saturated heterocycles. The first-order valence-electron chi connectivity index (χ1n) is 3.63. The third-order valence-corrected chi connectivity index (χ3v) is 1.53. The Labute approximate surface area is 68.2 Å². The Morgan fingerprint density at radius 3 is 2.82 bits per heavy atom. The molecule has 0 saturated carbocycles. The van der Waals surface area contributed by atoms with Gasteiger partial charge in [-0.05, 0) is 25.3 Å². The molecule has 1 rings (SSSR count). The van der Waals surface area contributed by atoms with Gasteiger partial charge in [-0.3, -0.25) is 4.79 Å². The molecule has 0 aromatic carbocycles. The lowest BCUT2D eigenvalue weighted by atomic mass is 10.1. The van der Waals surface area contributed by atoms with Crippen LogP contribution in [-0.2, 0) is 9.53 Å². The van der Waals surface area contributed by atoms with Crippen molar-refractivity contribution in [3.63, 3.8) is 0 Å². The summed E-state index contributed by atoms with van der Waals surface area (Å²) in [5.74, 6) is -0.184. The highest BCUT2D eigenvalue weighted by Crippen LogP contribution is 2.13. The predicted octanol–water partition coefficient (Wildman–Crippen LogP) is 2.29. The number of hydrogen-bond acceptors (Lipinski definition) is 2. The molecule has 0 bridgehead atoms. The fourth-order valence-electron chi connectivity index (χ4n) is 1.09. The largest absolute Gasteiger partial charge is 0.458 e. The van der Waals surface area contributed by atoms with Crippen LogP contribution >= 0.6 is 0 Å². The van der Waals surface area contributed by atoms with Gasteiger partial charge in [0.1, 0.15) is 6.10 Å². The van der Waals surface area contributed by atoms with Crippen molar-refractivity contribution in [3.05, 3.63) is 12.2 Å². The summed E-state index contributed by atoms with van der Waals surface area (Å²) in [6, 6.07) is 0. The Morgan fingerprint density at radius 2 is 2.36 bits per heavy atom. The summed E-state index contributed by atoms with van der Waals surface area (Å²) >= 11 is 0. The lowest BCUT2D eigenvalue weighted by molar-refractivity contribution is -0.144. The molecule has 1 aliphatic rings. The SMILES string of the molecule is C.CC(=O)O[C@@H]1C=CCCC1. The Balaban J connectivity index is 0.000001000. The van der Waals surface area contributed by atoms with Crippen molar-refractivity contribution in [3.8, 4) is 0 Å². The Hall–Kier alpha value is -0.790. The fraction of sp³-hybridized carbons (Fsp3) is 0.667. The van der Waals surface area contributed by atoms with Crippen LogP contribution in [0.25, 0.3) is 0 Å². The first-order chi connectivity index (χ1) is 4.79. The molecule has 64 valence electrons. The molecule has 0 spiro atoms. The summed E-state index contributed by atoms with van der Waals surface area (Å²) < 4.78 is 4.97. The maximum Gasteiger partial charge on any atom is 0.303 e. The molecule has 0 unspecified atom stereocenters. The molecule has 1 atom stereocenters. The minimum Gasteiger partial charge on any atom is -0.458 e. The maximum atomic E-state index is 10.5. The van der Waals surface area contributed by atoms with Crippen molar-refractivity contribution >= 4 is 5.97 Å². The van der Waals surface area contributed by atoms with Gasteiger partial charge in [-0.25, -0.2) is 0 Å². The minimum atomic E-state index is -0.184. The van der Waals surface area contributed by atoms with Crippen molar-refractivity contribution in [2.75, 3.05) is 0 Å². The van der Waals surface area contributed by atoms with E-state index in [1.54, 1.807) is 0 Å². The summed E-state index contributed by atoms with van der Waals surface area (Å²) in [5.41, 5.74) is 0. The number of hydrogen-bond donors (Lipinski definition) is 0. The van der Waals surface area contributed by atoms with Crippen LogP contribution in [0.3, 0.4) is 0 Å². The topological polar surface area (TPSA) is 26.3 Å². The van der Waals surface area contributed by atoms with E-state index in [0.29, 0.717) is 0 Å². The molecule has 0 amide bonds. The average Bonchev–Trinajstić information content (AvgIpc) is 1.88. The third-order valence-electron chi connectivity index (χ3n) is 1.53. The van der Waals surface area contributed by atoms with Crippen LogP contribution < -0.4 is 0 Å². The highest BCUT2D eigenvalue weighted by atomic mass is 16.5. The van der Waals surface area contributed by atoms with Gasteiger partial charge in [0.2, 0.25) is 0 Å². The van der Waals surface area contributed by atoms with Crippen LogP contribution in [0, 0.1) is 0 Å². The summed E-state index contributed by atoms with van der Waals surface area (Å²) in [6.45, 7) is 1.45. The molecule has 2 nitrogen and oxygen atoms in total. The van der Waals surface area contributed by atoms with Crippen molar-refractivity contribution in [2.24, 2.45) is 0 Å². The normalized spacial score (nSPS) is 22.1. The molecule has 0 N–H and O–H groups in total. The van der Waals surface area contributed by atoms with E-state index >= 15 is 0 Å². The highest BCUT2D eigenvalue weighted by molar-refractivity contribution is 5.66. The van der Waals surface area contributed by atoms with Crippen molar-refractivity contribution < 1.29 is 9.53 Å². The second kappa shape index (κ2) is 4.94. The van der Waals surface area contributed by atoms with Crippen molar-refractivity contribution in [2.45, 2.75) is 39.7 Å². The summed E-state index contributed by atoms with van der Waals surface area (Å²) in [7, 11) is 0. The number of carbonyl (C=O) groups is 1. The molecule has 2 heteroatoms. The van der Waals surface area contributed by atoms with Crippen molar-refractivity contribution in [1.29, 1.82) is 0 Å². The van der Waals surface area contributed by atoms with E-state index in [9.17, 15) is 4.79 Å².